The van der Waals surface area contributed by atoms with E-state index in [1.165, 1.54) is 6.42 Å². The maximum atomic E-state index is 9.49. The molecule has 0 spiro atoms. The summed E-state index contributed by atoms with van der Waals surface area (Å²) in [5, 5.41) is 13.0. The molecule has 0 aromatic heterocycles. The predicted octanol–water partition coefficient (Wildman–Crippen LogP) is 2.62. The Morgan fingerprint density at radius 1 is 1.35 bits per heavy atom. The lowest BCUT2D eigenvalue weighted by Gasteiger charge is -2.41. The highest BCUT2D eigenvalue weighted by Gasteiger charge is 2.40. The lowest BCUT2D eigenvalue weighted by Crippen LogP contribution is -2.51. The van der Waals surface area contributed by atoms with Crippen LogP contribution in [-0.2, 0) is 4.74 Å². The van der Waals surface area contributed by atoms with Crippen molar-refractivity contribution in [2.75, 3.05) is 13.2 Å². The summed E-state index contributed by atoms with van der Waals surface area (Å²) in [6, 6.07) is 2.53. The number of rotatable bonds is 3. The van der Waals surface area contributed by atoms with Crippen molar-refractivity contribution in [2.24, 2.45) is 5.41 Å². The molecule has 2 rings (SSSR count). The van der Waals surface area contributed by atoms with E-state index in [9.17, 15) is 5.26 Å². The molecule has 0 amide bonds. The van der Waals surface area contributed by atoms with Crippen LogP contribution in [0.15, 0.2) is 0 Å². The first-order valence-corrected chi connectivity index (χ1v) is 6.83. The van der Waals surface area contributed by atoms with Gasteiger partial charge in [-0.1, -0.05) is 20.3 Å². The van der Waals surface area contributed by atoms with Crippen LogP contribution in [0.5, 0.6) is 0 Å². The van der Waals surface area contributed by atoms with Crippen LogP contribution in [0.25, 0.3) is 0 Å². The molecule has 0 aromatic carbocycles. The highest BCUT2D eigenvalue weighted by molar-refractivity contribution is 5.11. The van der Waals surface area contributed by atoms with Gasteiger partial charge in [-0.3, -0.25) is 5.32 Å². The second-order valence-electron chi connectivity index (χ2n) is 6.40. The van der Waals surface area contributed by atoms with E-state index >= 15 is 0 Å². The molecule has 1 N–H and O–H groups in total. The van der Waals surface area contributed by atoms with E-state index in [-0.39, 0.29) is 11.0 Å². The zero-order chi connectivity index (χ0) is 12.4. The van der Waals surface area contributed by atoms with Crippen molar-refractivity contribution in [3.63, 3.8) is 0 Å². The molecule has 2 fully saturated rings. The maximum Gasteiger partial charge on any atom is 0.107 e. The second kappa shape index (κ2) is 4.96. The summed E-state index contributed by atoms with van der Waals surface area (Å²) in [4.78, 5) is 0. The number of hydrogen-bond donors (Lipinski definition) is 1. The molecular formula is C14H24N2O. The van der Waals surface area contributed by atoms with Gasteiger partial charge in [0.25, 0.3) is 0 Å². The Balaban J connectivity index is 1.92. The van der Waals surface area contributed by atoms with Gasteiger partial charge in [-0.15, -0.1) is 0 Å². The molecule has 2 unspecified atom stereocenters. The highest BCUT2D eigenvalue weighted by atomic mass is 16.5. The molecule has 0 aromatic rings. The lowest BCUT2D eigenvalue weighted by molar-refractivity contribution is 0.0902. The Labute approximate surface area is 105 Å². The van der Waals surface area contributed by atoms with E-state index in [2.05, 4.69) is 25.2 Å². The number of nitrogens with zero attached hydrogens (tertiary/aromatic N) is 1. The summed E-state index contributed by atoms with van der Waals surface area (Å²) in [6.45, 7) is 6.26. The molecule has 1 aliphatic heterocycles. The van der Waals surface area contributed by atoms with Gasteiger partial charge < -0.3 is 4.74 Å². The second-order valence-corrected chi connectivity index (χ2v) is 6.40. The first-order chi connectivity index (χ1) is 8.05. The number of hydrogen-bond acceptors (Lipinski definition) is 3. The number of nitriles is 1. The van der Waals surface area contributed by atoms with Gasteiger partial charge in [0, 0.05) is 13.2 Å². The summed E-state index contributed by atoms with van der Waals surface area (Å²) in [5.74, 6) is 0. The minimum Gasteiger partial charge on any atom is -0.377 e. The van der Waals surface area contributed by atoms with Crippen molar-refractivity contribution in [1.82, 2.24) is 5.32 Å². The Bertz CT molecular complexity index is 302. The van der Waals surface area contributed by atoms with E-state index in [0.29, 0.717) is 6.10 Å². The largest absolute Gasteiger partial charge is 0.377 e. The summed E-state index contributed by atoms with van der Waals surface area (Å²) in [5.41, 5.74) is -0.0226. The van der Waals surface area contributed by atoms with Gasteiger partial charge in [0.2, 0.25) is 0 Å². The molecular weight excluding hydrogens is 212 g/mol. The van der Waals surface area contributed by atoms with Crippen molar-refractivity contribution >= 4 is 0 Å². The molecule has 3 heteroatoms. The summed E-state index contributed by atoms with van der Waals surface area (Å²) in [6.07, 6.45) is 6.96. The molecule has 1 saturated heterocycles. The van der Waals surface area contributed by atoms with E-state index in [0.717, 1.165) is 45.3 Å². The van der Waals surface area contributed by atoms with Gasteiger partial charge in [-0.2, -0.15) is 5.26 Å². The number of nitrogens with one attached hydrogen (secondary N) is 1. The van der Waals surface area contributed by atoms with Gasteiger partial charge in [0.15, 0.2) is 0 Å². The average molecular weight is 236 g/mol. The van der Waals surface area contributed by atoms with Gasteiger partial charge in [0.05, 0.1) is 12.2 Å². The Hall–Kier alpha value is -0.590. The highest BCUT2D eigenvalue weighted by Crippen LogP contribution is 2.40. The van der Waals surface area contributed by atoms with Gasteiger partial charge >= 0.3 is 0 Å². The minimum atomic E-state index is -0.312. The van der Waals surface area contributed by atoms with Crippen molar-refractivity contribution in [3.05, 3.63) is 0 Å². The normalized spacial score (nSPS) is 36.6. The molecule has 3 nitrogen and oxygen atoms in total. The topological polar surface area (TPSA) is 45.0 Å². The Morgan fingerprint density at radius 2 is 2.18 bits per heavy atom. The molecule has 0 radical (unpaired) electrons. The Morgan fingerprint density at radius 3 is 2.76 bits per heavy atom. The van der Waals surface area contributed by atoms with Crippen molar-refractivity contribution < 1.29 is 4.74 Å². The van der Waals surface area contributed by atoms with Gasteiger partial charge in [-0.25, -0.2) is 0 Å². The maximum absolute atomic E-state index is 9.49. The number of ether oxygens (including phenoxy) is 1. The van der Waals surface area contributed by atoms with E-state index in [1.54, 1.807) is 0 Å². The third-order valence-corrected chi connectivity index (χ3v) is 4.14. The van der Waals surface area contributed by atoms with Crippen LogP contribution < -0.4 is 5.32 Å². The first kappa shape index (κ1) is 12.9. The SMILES string of the molecule is CC1(C)CCCC(C#N)(NCC2CCCO2)C1. The van der Waals surface area contributed by atoms with E-state index < -0.39 is 0 Å². The van der Waals surface area contributed by atoms with Crippen LogP contribution in [0.3, 0.4) is 0 Å². The zero-order valence-corrected chi connectivity index (χ0v) is 11.1. The van der Waals surface area contributed by atoms with Crippen molar-refractivity contribution in [2.45, 2.75) is 64.0 Å². The zero-order valence-electron chi connectivity index (χ0n) is 11.1. The summed E-state index contributed by atoms with van der Waals surface area (Å²) >= 11 is 0. The van der Waals surface area contributed by atoms with Crippen LogP contribution in [0.2, 0.25) is 0 Å². The van der Waals surface area contributed by atoms with Crippen LogP contribution >= 0.6 is 0 Å². The van der Waals surface area contributed by atoms with E-state index in [4.69, 9.17) is 4.74 Å². The molecule has 1 aliphatic carbocycles. The molecule has 96 valence electrons. The van der Waals surface area contributed by atoms with E-state index in [1.807, 2.05) is 0 Å². The molecule has 1 saturated carbocycles. The lowest BCUT2D eigenvalue weighted by atomic mass is 9.68. The standard InChI is InChI=1S/C14H24N2O/c1-13(2)6-4-7-14(10-13,11-15)16-9-12-5-3-8-17-12/h12,16H,3-10H2,1-2H3. The van der Waals surface area contributed by atoms with Gasteiger partial charge in [0.1, 0.15) is 5.54 Å². The third kappa shape index (κ3) is 3.20. The minimum absolute atomic E-state index is 0.289. The summed E-state index contributed by atoms with van der Waals surface area (Å²) in [7, 11) is 0. The smallest absolute Gasteiger partial charge is 0.107 e. The van der Waals surface area contributed by atoms with Crippen LogP contribution in [-0.4, -0.2) is 24.8 Å². The third-order valence-electron chi connectivity index (χ3n) is 4.14. The van der Waals surface area contributed by atoms with Crippen LogP contribution in [0.4, 0.5) is 0 Å². The molecule has 0 bridgehead atoms. The summed E-state index contributed by atoms with van der Waals surface area (Å²) < 4.78 is 5.61. The van der Waals surface area contributed by atoms with Gasteiger partial charge in [-0.05, 0) is 37.5 Å². The predicted molar refractivity (Wildman–Crippen MR) is 67.6 cm³/mol. The fourth-order valence-electron chi connectivity index (χ4n) is 3.26. The average Bonchev–Trinajstić information content (AvgIpc) is 2.78. The molecule has 17 heavy (non-hydrogen) atoms. The molecule has 2 aliphatic rings. The fourth-order valence-corrected chi connectivity index (χ4v) is 3.26. The van der Waals surface area contributed by atoms with Crippen LogP contribution in [0.1, 0.15) is 52.4 Å². The quantitative estimate of drug-likeness (QED) is 0.819. The fraction of sp³-hybridized carbons (Fsp3) is 0.929. The van der Waals surface area contributed by atoms with Crippen LogP contribution in [0, 0.1) is 16.7 Å². The molecule has 2 atom stereocenters. The monoisotopic (exact) mass is 236 g/mol. The van der Waals surface area contributed by atoms with Crippen molar-refractivity contribution in [3.8, 4) is 6.07 Å². The van der Waals surface area contributed by atoms with Crippen molar-refractivity contribution in [1.29, 1.82) is 5.26 Å². The first-order valence-electron chi connectivity index (χ1n) is 6.83. The molecule has 1 heterocycles. The Kier molecular flexibility index (Phi) is 3.75.